The molecule has 5 N–H and O–H groups in total. The fraction of sp³-hybridized carbons (Fsp3) is 0.762. The molecular weight excluding hydrogens is 945 g/mol. The summed E-state index contributed by atoms with van der Waals surface area (Å²) in [5.41, 5.74) is 15.7. The summed E-state index contributed by atoms with van der Waals surface area (Å²) in [7, 11) is 0. The van der Waals surface area contributed by atoms with Gasteiger partial charge in [-0.05, 0) is 43.7 Å². The minimum Gasteiger partial charge on any atom is -0.459 e. The number of unbranched alkanes of at least 4 members (excludes halogenated alkanes) is 1. The number of rotatable bonds is 46. The highest BCUT2D eigenvalue weighted by Gasteiger charge is 2.26. The molecule has 0 radical (unpaired) electrons. The maximum absolute atomic E-state index is 14.1. The van der Waals surface area contributed by atoms with Gasteiger partial charge in [0.05, 0.1) is 106 Å². The standard InChI is InChI=1S/C42H68F4N10O14/c1-31-37(43)39(45)40(46)41(38(31)44)70-36(60)9-17-64-23-27-68-29-30-69-28-26-65-18-12-51-42(61)32(5-2-3-10-49-33(57)7-15-62-21-24-66-19-13-52-55-47)54-35(59)6-4-11-50-34(58)8-16-63-22-25-67-20-14-53-56-48/h32,36,60H,2-30H2,1H3,(H,49,57)(H,50,58)(H,51,61)(H,54,59)/t32-,36?/m0/s1. The normalized spacial score (nSPS) is 11.8. The van der Waals surface area contributed by atoms with E-state index in [1.165, 1.54) is 0 Å². The van der Waals surface area contributed by atoms with Crippen LogP contribution in [0, 0.1) is 30.2 Å². The highest BCUT2D eigenvalue weighted by Crippen LogP contribution is 2.30. The Morgan fingerprint density at radius 2 is 1.00 bits per heavy atom. The van der Waals surface area contributed by atoms with E-state index in [4.69, 9.17) is 53.7 Å². The number of carbonyl (C=O) groups is 4. The van der Waals surface area contributed by atoms with Gasteiger partial charge in [0.1, 0.15) is 6.04 Å². The summed E-state index contributed by atoms with van der Waals surface area (Å²) in [4.78, 5) is 55.5. The van der Waals surface area contributed by atoms with Gasteiger partial charge < -0.3 is 69.0 Å². The SMILES string of the molecule is Cc1c(F)c(F)c(F)c(OC(O)CCOCCOCCOCCOCCNC(=O)[C@H](CCCCNC(=O)CCOCCOCCN=[N+]=[N-])NC(=O)CCCNC(=O)CCOCCOCCN=[N+]=[N-])c1F. The Balaban J connectivity index is 2.31. The molecule has 0 aromatic heterocycles. The Labute approximate surface area is 403 Å². The van der Waals surface area contributed by atoms with Gasteiger partial charge in [0.15, 0.2) is 29.5 Å². The fourth-order valence-corrected chi connectivity index (χ4v) is 5.50. The van der Waals surface area contributed by atoms with Crippen molar-refractivity contribution in [3.8, 4) is 5.75 Å². The molecule has 0 heterocycles. The lowest BCUT2D eigenvalue weighted by molar-refractivity contribution is -0.129. The topological polar surface area (TPSA) is 317 Å². The van der Waals surface area contributed by atoms with E-state index in [0.717, 1.165) is 6.92 Å². The van der Waals surface area contributed by atoms with Crippen LogP contribution in [0.2, 0.25) is 0 Å². The van der Waals surface area contributed by atoms with E-state index in [9.17, 15) is 41.8 Å². The van der Waals surface area contributed by atoms with E-state index in [1.807, 2.05) is 0 Å². The fourth-order valence-electron chi connectivity index (χ4n) is 5.50. The summed E-state index contributed by atoms with van der Waals surface area (Å²) < 4.78 is 102. The van der Waals surface area contributed by atoms with Gasteiger partial charge in [-0.15, -0.1) is 0 Å². The van der Waals surface area contributed by atoms with E-state index in [2.05, 4.69) is 41.3 Å². The summed E-state index contributed by atoms with van der Waals surface area (Å²) >= 11 is 0. The van der Waals surface area contributed by atoms with Gasteiger partial charge in [0.2, 0.25) is 29.4 Å². The van der Waals surface area contributed by atoms with E-state index < -0.39 is 52.8 Å². The first-order valence-electron chi connectivity index (χ1n) is 22.8. The minimum atomic E-state index is -1.91. The first kappa shape index (κ1) is 62.9. The molecule has 1 unspecified atom stereocenters. The lowest BCUT2D eigenvalue weighted by Gasteiger charge is -2.19. The molecule has 0 aliphatic carbocycles. The van der Waals surface area contributed by atoms with Crippen molar-refractivity contribution in [1.29, 1.82) is 0 Å². The monoisotopic (exact) mass is 1010 g/mol. The number of nitrogens with zero attached hydrogens (tertiary/aromatic N) is 6. The molecule has 24 nitrogen and oxygen atoms in total. The van der Waals surface area contributed by atoms with Crippen LogP contribution in [0.1, 0.15) is 56.9 Å². The van der Waals surface area contributed by atoms with Crippen molar-refractivity contribution in [2.75, 3.05) is 138 Å². The molecule has 4 amide bonds. The van der Waals surface area contributed by atoms with Crippen molar-refractivity contribution < 1.29 is 84.5 Å². The van der Waals surface area contributed by atoms with Gasteiger partial charge >= 0.3 is 0 Å². The Morgan fingerprint density at radius 1 is 0.529 bits per heavy atom. The average molecular weight is 1010 g/mol. The van der Waals surface area contributed by atoms with Crippen LogP contribution in [0.4, 0.5) is 17.6 Å². The van der Waals surface area contributed by atoms with Crippen molar-refractivity contribution in [1.82, 2.24) is 21.3 Å². The third kappa shape index (κ3) is 32.6. The lowest BCUT2D eigenvalue weighted by Crippen LogP contribution is -2.47. The number of ether oxygens (including phenoxy) is 9. The maximum atomic E-state index is 14.1. The zero-order chi connectivity index (χ0) is 51.5. The average Bonchev–Trinajstić information content (AvgIpc) is 3.34. The van der Waals surface area contributed by atoms with Gasteiger partial charge in [0, 0.05) is 73.8 Å². The van der Waals surface area contributed by atoms with Crippen LogP contribution in [0.5, 0.6) is 5.75 Å². The highest BCUT2D eigenvalue weighted by atomic mass is 19.2. The zero-order valence-electron chi connectivity index (χ0n) is 39.6. The second kappa shape index (κ2) is 42.7. The lowest BCUT2D eigenvalue weighted by atomic mass is 10.1. The zero-order valence-corrected chi connectivity index (χ0v) is 39.6. The number of halogens is 4. The van der Waals surface area contributed by atoms with Gasteiger partial charge in [0.25, 0.3) is 0 Å². The third-order valence-corrected chi connectivity index (χ3v) is 9.15. The number of carbonyl (C=O) groups excluding carboxylic acids is 4. The summed E-state index contributed by atoms with van der Waals surface area (Å²) in [6.07, 6.45) is -0.00621. The predicted octanol–water partition coefficient (Wildman–Crippen LogP) is 2.96. The van der Waals surface area contributed by atoms with Crippen molar-refractivity contribution in [2.45, 2.75) is 70.6 Å². The number of hydrogen-bond donors (Lipinski definition) is 5. The Kier molecular flexibility index (Phi) is 38.4. The largest absolute Gasteiger partial charge is 0.459 e. The van der Waals surface area contributed by atoms with Crippen LogP contribution < -0.4 is 26.0 Å². The molecule has 1 rings (SSSR count). The Hall–Kier alpha value is -5.12. The van der Waals surface area contributed by atoms with Gasteiger partial charge in [-0.1, -0.05) is 10.2 Å². The molecule has 0 saturated carbocycles. The summed E-state index contributed by atoms with van der Waals surface area (Å²) in [5, 5.41) is 27.6. The van der Waals surface area contributed by atoms with Crippen molar-refractivity contribution in [3.05, 3.63) is 49.7 Å². The molecule has 0 saturated heterocycles. The number of amides is 4. The maximum Gasteiger partial charge on any atom is 0.242 e. The van der Waals surface area contributed by atoms with Gasteiger partial charge in [-0.25, -0.2) is 13.2 Å². The van der Waals surface area contributed by atoms with Crippen molar-refractivity contribution >= 4 is 23.6 Å². The second-order valence-electron chi connectivity index (χ2n) is 14.6. The molecule has 0 bridgehead atoms. The molecule has 0 aliphatic heterocycles. The third-order valence-electron chi connectivity index (χ3n) is 9.15. The molecule has 70 heavy (non-hydrogen) atoms. The van der Waals surface area contributed by atoms with Crippen LogP contribution >= 0.6 is 0 Å². The second-order valence-corrected chi connectivity index (χ2v) is 14.6. The molecule has 0 fully saturated rings. The summed E-state index contributed by atoms with van der Waals surface area (Å²) in [6.45, 7) is 5.38. The number of nitrogens with one attached hydrogen (secondary N) is 4. The Morgan fingerprint density at radius 3 is 1.53 bits per heavy atom. The molecule has 1 aromatic carbocycles. The number of azide groups is 2. The molecular formula is C42H68F4N10O14. The van der Waals surface area contributed by atoms with E-state index in [-0.39, 0.29) is 162 Å². The van der Waals surface area contributed by atoms with Crippen LogP contribution in [0.25, 0.3) is 20.9 Å². The first-order valence-corrected chi connectivity index (χ1v) is 22.8. The number of hydrogen-bond acceptors (Lipinski definition) is 16. The van der Waals surface area contributed by atoms with Crippen LogP contribution in [-0.4, -0.2) is 180 Å². The van der Waals surface area contributed by atoms with Gasteiger partial charge in [-0.3, -0.25) is 19.2 Å². The van der Waals surface area contributed by atoms with Crippen LogP contribution in [0.3, 0.4) is 0 Å². The molecule has 1 aromatic rings. The summed E-state index contributed by atoms with van der Waals surface area (Å²) in [6, 6.07) is -0.865. The summed E-state index contributed by atoms with van der Waals surface area (Å²) in [5.74, 6) is -9.43. The molecule has 0 spiro atoms. The van der Waals surface area contributed by atoms with Crippen molar-refractivity contribution in [3.63, 3.8) is 0 Å². The number of aliphatic hydroxyl groups is 1. The van der Waals surface area contributed by atoms with E-state index in [1.54, 1.807) is 0 Å². The van der Waals surface area contributed by atoms with Crippen LogP contribution in [-0.2, 0) is 57.1 Å². The highest BCUT2D eigenvalue weighted by molar-refractivity contribution is 5.87. The number of benzene rings is 1. The minimum absolute atomic E-state index is 0.0520. The first-order chi connectivity index (χ1) is 33.9. The van der Waals surface area contributed by atoms with E-state index in [0.29, 0.717) is 45.4 Å². The van der Waals surface area contributed by atoms with Crippen molar-refractivity contribution in [2.24, 2.45) is 10.2 Å². The Bertz CT molecular complexity index is 1710. The van der Waals surface area contributed by atoms with Crippen LogP contribution in [0.15, 0.2) is 10.2 Å². The molecule has 28 heteroatoms. The molecule has 398 valence electrons. The smallest absolute Gasteiger partial charge is 0.242 e. The van der Waals surface area contributed by atoms with E-state index >= 15 is 0 Å². The molecule has 2 atom stereocenters. The predicted molar refractivity (Wildman–Crippen MR) is 240 cm³/mol. The number of aliphatic hydroxyl groups excluding tert-OH is 1. The quantitative estimate of drug-likeness (QED) is 0.00917. The van der Waals surface area contributed by atoms with Gasteiger partial charge in [-0.2, -0.15) is 4.39 Å². The molecule has 0 aliphatic rings.